The van der Waals surface area contributed by atoms with Crippen LogP contribution in [0.5, 0.6) is 0 Å². The minimum Gasteiger partial charge on any atom is -0.378 e. The third-order valence-corrected chi connectivity index (χ3v) is 8.96. The Bertz CT molecular complexity index is 1210. The van der Waals surface area contributed by atoms with Gasteiger partial charge in [-0.3, -0.25) is 14.4 Å². The van der Waals surface area contributed by atoms with E-state index in [-0.39, 0.29) is 15.7 Å². The van der Waals surface area contributed by atoms with Gasteiger partial charge in [0, 0.05) is 29.6 Å². The highest BCUT2D eigenvalue weighted by molar-refractivity contribution is 7.92. The number of benzene rings is 2. The van der Waals surface area contributed by atoms with Crippen LogP contribution < -0.4 is 4.31 Å². The number of anilines is 1. The predicted molar refractivity (Wildman–Crippen MR) is 129 cm³/mol. The molecule has 0 spiro atoms. The number of fused-ring (bicyclic) bond motifs is 1. The average molecular weight is 484 g/mol. The molecule has 8 nitrogen and oxygen atoms in total. The van der Waals surface area contributed by atoms with E-state index in [2.05, 4.69) is 11.0 Å². The van der Waals surface area contributed by atoms with Gasteiger partial charge in [-0.2, -0.15) is 0 Å². The third-order valence-electron chi connectivity index (χ3n) is 7.13. The van der Waals surface area contributed by atoms with Crippen molar-refractivity contribution in [3.63, 3.8) is 0 Å². The first-order valence-electron chi connectivity index (χ1n) is 11.8. The van der Waals surface area contributed by atoms with Crippen LogP contribution in [0.4, 0.5) is 5.69 Å². The first kappa shape index (κ1) is 22.9. The number of sulfonamides is 1. The van der Waals surface area contributed by atoms with Gasteiger partial charge in [-0.1, -0.05) is 35.9 Å². The molecule has 3 atom stereocenters. The van der Waals surface area contributed by atoms with E-state index in [0.29, 0.717) is 44.0 Å². The van der Waals surface area contributed by atoms with Crippen LogP contribution in [0.25, 0.3) is 0 Å². The summed E-state index contributed by atoms with van der Waals surface area (Å²) >= 11 is 0. The van der Waals surface area contributed by atoms with Crippen molar-refractivity contribution < 1.29 is 18.1 Å². The Morgan fingerprint density at radius 2 is 1.76 bits per heavy atom. The Morgan fingerprint density at radius 1 is 1.06 bits per heavy atom. The number of aryl methyl sites for hydroxylation is 1. The number of hydrogen-bond donors (Lipinski definition) is 0. The minimum absolute atomic E-state index is 0.148. The van der Waals surface area contributed by atoms with E-state index in [1.807, 2.05) is 6.92 Å². The molecule has 5 rings (SSSR count). The standard InChI is InChI=1S/C25H29N3O5S/c1-18-10-12-19(13-11-18)34(31,32)27-23-9-5-3-7-21(23)25(28(29)30)24(27)20-6-2-4-8-22(20)26-14-16-33-17-15-26/h3,5,7-13,20,24-25H,2,4,6,14-17H2,1H3/t20-,24-,25+/m1/s1. The fourth-order valence-corrected chi connectivity index (χ4v) is 7.28. The van der Waals surface area contributed by atoms with Crippen LogP contribution in [0.2, 0.25) is 0 Å². The van der Waals surface area contributed by atoms with Crippen LogP contribution in [0.15, 0.2) is 65.2 Å². The molecule has 0 radical (unpaired) electrons. The van der Waals surface area contributed by atoms with Crippen molar-refractivity contribution in [3.05, 3.63) is 81.5 Å². The highest BCUT2D eigenvalue weighted by atomic mass is 32.2. The molecule has 0 bridgehead atoms. The monoisotopic (exact) mass is 483 g/mol. The maximum atomic E-state index is 14.1. The number of hydrogen-bond acceptors (Lipinski definition) is 6. The number of ether oxygens (including phenoxy) is 1. The molecular formula is C25H29N3O5S. The number of para-hydroxylation sites is 1. The molecule has 2 aliphatic heterocycles. The van der Waals surface area contributed by atoms with Gasteiger partial charge in [0.2, 0.25) is 0 Å². The first-order chi connectivity index (χ1) is 16.4. The summed E-state index contributed by atoms with van der Waals surface area (Å²) < 4.78 is 35.0. The SMILES string of the molecule is Cc1ccc(S(=O)(=O)N2c3ccccc3[C@H]([N+](=O)[O-])[C@H]2[C@@H]2CCCC=C2N2CCOCC2)cc1. The lowest BCUT2D eigenvalue weighted by atomic mass is 9.82. The summed E-state index contributed by atoms with van der Waals surface area (Å²) in [6.45, 7) is 4.50. The largest absolute Gasteiger partial charge is 0.378 e. The Balaban J connectivity index is 1.66. The quantitative estimate of drug-likeness (QED) is 0.473. The van der Waals surface area contributed by atoms with Crippen molar-refractivity contribution in [1.82, 2.24) is 4.90 Å². The molecule has 3 aliphatic rings. The lowest BCUT2D eigenvalue weighted by Gasteiger charge is -2.41. The van der Waals surface area contributed by atoms with E-state index in [1.54, 1.807) is 48.5 Å². The van der Waals surface area contributed by atoms with Gasteiger partial charge in [-0.05, 0) is 50.5 Å². The van der Waals surface area contributed by atoms with Crippen molar-refractivity contribution in [2.45, 2.75) is 43.2 Å². The normalized spacial score (nSPS) is 25.1. The molecule has 0 unspecified atom stereocenters. The molecule has 1 aliphatic carbocycles. The Hall–Kier alpha value is -2.91. The lowest BCUT2D eigenvalue weighted by molar-refractivity contribution is -0.531. The molecule has 2 heterocycles. The van der Waals surface area contributed by atoms with E-state index >= 15 is 0 Å². The van der Waals surface area contributed by atoms with Crippen LogP contribution in [0, 0.1) is 23.0 Å². The first-order valence-corrected chi connectivity index (χ1v) is 13.2. The van der Waals surface area contributed by atoms with Gasteiger partial charge in [0.1, 0.15) is 6.04 Å². The molecule has 2 aromatic carbocycles. The summed E-state index contributed by atoms with van der Waals surface area (Å²) in [5, 5.41) is 12.5. The molecule has 34 heavy (non-hydrogen) atoms. The molecule has 0 aromatic heterocycles. The topological polar surface area (TPSA) is 93.0 Å². The Kier molecular flexibility index (Phi) is 6.07. The van der Waals surface area contributed by atoms with Gasteiger partial charge in [-0.25, -0.2) is 8.42 Å². The molecule has 0 amide bonds. The summed E-state index contributed by atoms with van der Waals surface area (Å²) in [5.74, 6) is -0.283. The van der Waals surface area contributed by atoms with Gasteiger partial charge in [0.25, 0.3) is 16.1 Å². The summed E-state index contributed by atoms with van der Waals surface area (Å²) in [5.41, 5.74) is 2.83. The van der Waals surface area contributed by atoms with E-state index in [9.17, 15) is 18.5 Å². The second-order valence-electron chi connectivity index (χ2n) is 9.16. The summed E-state index contributed by atoms with van der Waals surface area (Å²) in [4.78, 5) is 14.6. The van der Waals surface area contributed by atoms with Crippen molar-refractivity contribution in [2.75, 3.05) is 30.6 Å². The van der Waals surface area contributed by atoms with Crippen molar-refractivity contribution in [3.8, 4) is 0 Å². The van der Waals surface area contributed by atoms with Crippen molar-refractivity contribution in [1.29, 1.82) is 0 Å². The lowest BCUT2D eigenvalue weighted by Crippen LogP contribution is -2.49. The number of rotatable bonds is 5. The van der Waals surface area contributed by atoms with E-state index < -0.39 is 22.1 Å². The molecule has 180 valence electrons. The summed E-state index contributed by atoms with van der Waals surface area (Å²) in [6, 6.07) is 11.6. The molecular weight excluding hydrogens is 454 g/mol. The summed E-state index contributed by atoms with van der Waals surface area (Å²) in [6.07, 6.45) is 4.60. The highest BCUT2D eigenvalue weighted by Crippen LogP contribution is 2.50. The molecule has 0 N–H and O–H groups in total. The van der Waals surface area contributed by atoms with E-state index in [4.69, 9.17) is 4.74 Å². The minimum atomic E-state index is -4.03. The van der Waals surface area contributed by atoms with Gasteiger partial charge in [-0.15, -0.1) is 0 Å². The molecule has 1 saturated heterocycles. The zero-order chi connectivity index (χ0) is 23.9. The second-order valence-corrected chi connectivity index (χ2v) is 11.0. The zero-order valence-electron chi connectivity index (χ0n) is 19.2. The van der Waals surface area contributed by atoms with Gasteiger partial charge >= 0.3 is 0 Å². The van der Waals surface area contributed by atoms with Gasteiger partial charge in [0.15, 0.2) is 0 Å². The molecule has 1 fully saturated rings. The number of morpholine rings is 1. The number of nitrogens with zero attached hydrogens (tertiary/aromatic N) is 3. The molecule has 0 saturated carbocycles. The van der Waals surface area contributed by atoms with E-state index in [1.165, 1.54) is 4.31 Å². The second kappa shape index (κ2) is 9.03. The van der Waals surface area contributed by atoms with Crippen LogP contribution in [-0.4, -0.2) is 50.6 Å². The van der Waals surface area contributed by atoms with Crippen LogP contribution in [0.1, 0.15) is 36.4 Å². The van der Waals surface area contributed by atoms with Crippen LogP contribution >= 0.6 is 0 Å². The highest BCUT2D eigenvalue weighted by Gasteiger charge is 2.55. The van der Waals surface area contributed by atoms with Gasteiger partial charge in [0.05, 0.1) is 29.4 Å². The number of allylic oxidation sites excluding steroid dienone is 1. The smallest absolute Gasteiger partial charge is 0.264 e. The molecule has 2 aromatic rings. The fraction of sp³-hybridized carbons (Fsp3) is 0.440. The van der Waals surface area contributed by atoms with Crippen LogP contribution in [-0.2, 0) is 14.8 Å². The Labute approximate surface area is 200 Å². The van der Waals surface area contributed by atoms with E-state index in [0.717, 1.165) is 24.1 Å². The zero-order valence-corrected chi connectivity index (χ0v) is 20.0. The fourth-order valence-electron chi connectivity index (χ4n) is 5.56. The van der Waals surface area contributed by atoms with Crippen molar-refractivity contribution >= 4 is 15.7 Å². The molecule has 9 heteroatoms. The summed E-state index contributed by atoms with van der Waals surface area (Å²) in [7, 11) is -4.03. The maximum Gasteiger partial charge on any atom is 0.264 e. The third kappa shape index (κ3) is 3.86. The van der Waals surface area contributed by atoms with Gasteiger partial charge < -0.3 is 9.64 Å². The average Bonchev–Trinajstić information content (AvgIpc) is 3.21. The van der Waals surface area contributed by atoms with Crippen LogP contribution in [0.3, 0.4) is 0 Å². The van der Waals surface area contributed by atoms with Crippen molar-refractivity contribution in [2.24, 2.45) is 5.92 Å². The maximum absolute atomic E-state index is 14.1. The predicted octanol–water partition coefficient (Wildman–Crippen LogP) is 3.91. The Morgan fingerprint density at radius 3 is 2.47 bits per heavy atom. The number of nitro groups is 1.